The first-order valence-corrected chi connectivity index (χ1v) is 10.8. The zero-order valence-corrected chi connectivity index (χ0v) is 18.3. The first-order chi connectivity index (χ1) is 13.4. The number of hydrogen-bond donors (Lipinski definition) is 1. The normalized spacial score (nSPS) is 16.4. The van der Waals surface area contributed by atoms with Crippen LogP contribution in [0, 0.1) is 0 Å². The molecule has 1 aliphatic heterocycles. The fourth-order valence-electron chi connectivity index (χ4n) is 2.68. The largest absolute Gasteiger partial charge is 0.493 e. The summed E-state index contributed by atoms with van der Waals surface area (Å²) >= 11 is 7.88. The second-order valence-electron chi connectivity index (χ2n) is 5.65. The fraction of sp³-hybridized carbons (Fsp3) is 0.389. The first-order valence-electron chi connectivity index (χ1n) is 8.16. The third kappa shape index (κ3) is 4.73. The highest BCUT2D eigenvalue weighted by molar-refractivity contribution is 8.26. The standard InChI is InChI=1S/C18H21NO6S3/c1-23-12-7-10(8-13(24-2)15(12)25-3)9-14-16(20)19(18(26)28-14)11(17(21)22)5-6-27-4/h7-9,11H,5-6H2,1-4H3,(H,21,22)/b14-9+/t11-/m1/s1. The van der Waals surface area contributed by atoms with Gasteiger partial charge in [-0.1, -0.05) is 24.0 Å². The number of methoxy groups -OCH3 is 3. The number of aliphatic carboxylic acids is 1. The molecule has 1 amide bonds. The average Bonchev–Trinajstić information content (AvgIpc) is 2.94. The van der Waals surface area contributed by atoms with Crippen LogP contribution in [0.3, 0.4) is 0 Å². The number of ether oxygens (including phenoxy) is 3. The zero-order chi connectivity index (χ0) is 20.8. The van der Waals surface area contributed by atoms with E-state index in [9.17, 15) is 14.7 Å². The molecule has 1 atom stereocenters. The maximum Gasteiger partial charge on any atom is 0.326 e. The molecule has 0 radical (unpaired) electrons. The van der Waals surface area contributed by atoms with Crippen LogP contribution in [0.2, 0.25) is 0 Å². The lowest BCUT2D eigenvalue weighted by atomic mass is 10.1. The predicted molar refractivity (Wildman–Crippen MR) is 116 cm³/mol. The Kier molecular flexibility index (Phi) is 8.02. The van der Waals surface area contributed by atoms with E-state index in [1.165, 1.54) is 38.0 Å². The smallest absolute Gasteiger partial charge is 0.326 e. The Labute approximate surface area is 177 Å². The summed E-state index contributed by atoms with van der Waals surface area (Å²) < 4.78 is 16.2. The lowest BCUT2D eigenvalue weighted by Gasteiger charge is -2.22. The van der Waals surface area contributed by atoms with Gasteiger partial charge in [-0.05, 0) is 42.2 Å². The number of rotatable bonds is 9. The van der Waals surface area contributed by atoms with E-state index in [0.717, 1.165) is 11.8 Å². The summed E-state index contributed by atoms with van der Waals surface area (Å²) in [5.74, 6) is 0.466. The van der Waals surface area contributed by atoms with Crippen molar-refractivity contribution in [3.63, 3.8) is 0 Å². The van der Waals surface area contributed by atoms with E-state index in [1.54, 1.807) is 18.2 Å². The van der Waals surface area contributed by atoms with E-state index in [0.29, 0.717) is 39.9 Å². The molecule has 2 rings (SSSR count). The van der Waals surface area contributed by atoms with Gasteiger partial charge < -0.3 is 19.3 Å². The highest BCUT2D eigenvalue weighted by Crippen LogP contribution is 2.40. The lowest BCUT2D eigenvalue weighted by molar-refractivity contribution is -0.145. The number of thiocarbonyl (C=S) groups is 1. The minimum absolute atomic E-state index is 0.234. The van der Waals surface area contributed by atoms with E-state index < -0.39 is 17.9 Å². The van der Waals surface area contributed by atoms with Gasteiger partial charge in [0.25, 0.3) is 5.91 Å². The van der Waals surface area contributed by atoms with Crippen molar-refractivity contribution in [2.24, 2.45) is 0 Å². The molecule has 7 nitrogen and oxygen atoms in total. The van der Waals surface area contributed by atoms with Crippen molar-refractivity contribution in [2.45, 2.75) is 12.5 Å². The number of carbonyl (C=O) groups is 2. The van der Waals surface area contributed by atoms with Gasteiger partial charge in [0.2, 0.25) is 5.75 Å². The monoisotopic (exact) mass is 443 g/mol. The molecule has 0 bridgehead atoms. The van der Waals surface area contributed by atoms with E-state index in [2.05, 4.69) is 0 Å². The quantitative estimate of drug-likeness (QED) is 0.457. The van der Waals surface area contributed by atoms with Crippen molar-refractivity contribution >= 4 is 58.0 Å². The van der Waals surface area contributed by atoms with Crippen LogP contribution in [0.15, 0.2) is 17.0 Å². The maximum atomic E-state index is 12.9. The van der Waals surface area contributed by atoms with Crippen LogP contribution in [-0.4, -0.2) is 65.6 Å². The maximum absolute atomic E-state index is 12.9. The molecule has 1 heterocycles. The molecule has 1 aromatic rings. The van der Waals surface area contributed by atoms with Gasteiger partial charge in [-0.3, -0.25) is 9.69 Å². The highest BCUT2D eigenvalue weighted by atomic mass is 32.2. The Morgan fingerprint density at radius 3 is 2.36 bits per heavy atom. The van der Waals surface area contributed by atoms with Crippen molar-refractivity contribution in [1.82, 2.24) is 4.90 Å². The molecule has 0 saturated carbocycles. The van der Waals surface area contributed by atoms with Gasteiger partial charge in [-0.25, -0.2) is 4.79 Å². The van der Waals surface area contributed by atoms with Gasteiger partial charge in [0.1, 0.15) is 10.4 Å². The molecule has 10 heteroatoms. The van der Waals surface area contributed by atoms with Crippen LogP contribution >= 0.6 is 35.7 Å². The summed E-state index contributed by atoms with van der Waals surface area (Å²) in [7, 11) is 4.51. The molecule has 1 saturated heterocycles. The van der Waals surface area contributed by atoms with Crippen LogP contribution in [0.1, 0.15) is 12.0 Å². The summed E-state index contributed by atoms with van der Waals surface area (Å²) in [6.45, 7) is 0. The Balaban J connectivity index is 2.39. The number of carbonyl (C=O) groups excluding carboxylic acids is 1. The highest BCUT2D eigenvalue weighted by Gasteiger charge is 2.40. The number of nitrogens with zero attached hydrogens (tertiary/aromatic N) is 1. The van der Waals surface area contributed by atoms with Crippen LogP contribution < -0.4 is 14.2 Å². The van der Waals surface area contributed by atoms with Crippen molar-refractivity contribution in [3.8, 4) is 17.2 Å². The van der Waals surface area contributed by atoms with Crippen molar-refractivity contribution in [3.05, 3.63) is 22.6 Å². The van der Waals surface area contributed by atoms with Crippen LogP contribution in [0.5, 0.6) is 17.2 Å². The summed E-state index contributed by atoms with van der Waals surface area (Å²) in [6.07, 6.45) is 3.84. The number of carboxylic acid groups (broad SMARTS) is 1. The molecular formula is C18H21NO6S3. The summed E-state index contributed by atoms with van der Waals surface area (Å²) in [4.78, 5) is 26.0. The summed E-state index contributed by atoms with van der Waals surface area (Å²) in [5.41, 5.74) is 0.644. The van der Waals surface area contributed by atoms with Gasteiger partial charge in [0.15, 0.2) is 11.5 Å². The van der Waals surface area contributed by atoms with E-state index in [4.69, 9.17) is 26.4 Å². The molecule has 1 aromatic carbocycles. The number of thioether (sulfide) groups is 2. The molecule has 0 spiro atoms. The SMILES string of the molecule is COc1cc(/C=C2/SC(=S)N([C@H](CCSC)C(=O)O)C2=O)cc(OC)c1OC. The van der Waals surface area contributed by atoms with E-state index in [-0.39, 0.29) is 4.32 Å². The van der Waals surface area contributed by atoms with Crippen molar-refractivity contribution < 1.29 is 28.9 Å². The minimum atomic E-state index is -1.07. The molecule has 0 aromatic heterocycles. The van der Waals surface area contributed by atoms with Gasteiger partial charge in [0.05, 0.1) is 26.2 Å². The third-order valence-electron chi connectivity index (χ3n) is 4.00. The molecular weight excluding hydrogens is 422 g/mol. The predicted octanol–water partition coefficient (Wildman–Crippen LogP) is 3.12. The number of benzene rings is 1. The zero-order valence-electron chi connectivity index (χ0n) is 15.9. The minimum Gasteiger partial charge on any atom is -0.493 e. The van der Waals surface area contributed by atoms with Crippen LogP contribution in [0.4, 0.5) is 0 Å². The fourth-order valence-corrected chi connectivity index (χ4v) is 4.49. The van der Waals surface area contributed by atoms with E-state index in [1.807, 2.05) is 6.26 Å². The Bertz CT molecular complexity index is 786. The molecule has 1 aliphatic rings. The molecule has 28 heavy (non-hydrogen) atoms. The lowest BCUT2D eigenvalue weighted by Crippen LogP contribution is -2.44. The Morgan fingerprint density at radius 2 is 1.89 bits per heavy atom. The summed E-state index contributed by atoms with van der Waals surface area (Å²) in [5, 5.41) is 9.53. The topological polar surface area (TPSA) is 85.3 Å². The second kappa shape index (κ2) is 10.0. The molecule has 0 aliphatic carbocycles. The van der Waals surface area contributed by atoms with Crippen LogP contribution in [-0.2, 0) is 9.59 Å². The number of amides is 1. The van der Waals surface area contributed by atoms with Gasteiger partial charge in [-0.15, -0.1) is 0 Å². The third-order valence-corrected chi connectivity index (χ3v) is 5.97. The molecule has 1 fully saturated rings. The molecule has 1 N–H and O–H groups in total. The van der Waals surface area contributed by atoms with Crippen molar-refractivity contribution in [2.75, 3.05) is 33.3 Å². The van der Waals surface area contributed by atoms with Gasteiger partial charge in [0, 0.05) is 0 Å². The Morgan fingerprint density at radius 1 is 1.29 bits per heavy atom. The average molecular weight is 444 g/mol. The van der Waals surface area contributed by atoms with Crippen LogP contribution in [0.25, 0.3) is 6.08 Å². The number of hydrogen-bond acceptors (Lipinski definition) is 8. The Hall–Kier alpha value is -1.91. The first kappa shape index (κ1) is 22.4. The molecule has 152 valence electrons. The van der Waals surface area contributed by atoms with E-state index >= 15 is 0 Å². The van der Waals surface area contributed by atoms with Gasteiger partial charge >= 0.3 is 5.97 Å². The number of carboxylic acids is 1. The van der Waals surface area contributed by atoms with Crippen molar-refractivity contribution in [1.29, 1.82) is 0 Å². The summed E-state index contributed by atoms with van der Waals surface area (Å²) in [6, 6.07) is 2.43. The second-order valence-corrected chi connectivity index (χ2v) is 8.31. The van der Waals surface area contributed by atoms with Gasteiger partial charge in [-0.2, -0.15) is 11.8 Å². The molecule has 0 unspecified atom stereocenters.